The zero-order valence-electron chi connectivity index (χ0n) is 17.2. The lowest BCUT2D eigenvalue weighted by atomic mass is 9.89. The van der Waals surface area contributed by atoms with Gasteiger partial charge in [-0.1, -0.05) is 19.1 Å². The van der Waals surface area contributed by atoms with Crippen molar-refractivity contribution in [3.63, 3.8) is 0 Å². The topological polar surface area (TPSA) is 126 Å². The van der Waals surface area contributed by atoms with Gasteiger partial charge in [0.1, 0.15) is 11.6 Å². The summed E-state index contributed by atoms with van der Waals surface area (Å²) in [4.78, 5) is 31.9. The number of ether oxygens (including phenoxy) is 1. The summed E-state index contributed by atoms with van der Waals surface area (Å²) in [6, 6.07) is 5.96. The third kappa shape index (κ3) is 3.45. The SMILES string of the molecule is C[C@H]1CC[C@H](c2ccc3c(c2)OCC3)N(C(=O)C(=O)Nc2cnc(N)c3cn[nH]c23)C1. The first-order chi connectivity index (χ1) is 15.0. The molecule has 1 aromatic carbocycles. The molecule has 0 aliphatic carbocycles. The fraction of sp³-hybridized carbons (Fsp3) is 0.364. The number of aromatic amines is 1. The van der Waals surface area contributed by atoms with Crippen molar-refractivity contribution in [2.45, 2.75) is 32.2 Å². The average molecular weight is 420 g/mol. The Morgan fingerprint density at radius 1 is 1.29 bits per heavy atom. The van der Waals surface area contributed by atoms with E-state index in [1.165, 1.54) is 18.0 Å². The zero-order chi connectivity index (χ0) is 21.5. The summed E-state index contributed by atoms with van der Waals surface area (Å²) >= 11 is 0. The normalized spacial score (nSPS) is 20.4. The van der Waals surface area contributed by atoms with Gasteiger partial charge in [0.15, 0.2) is 0 Å². The first-order valence-corrected chi connectivity index (χ1v) is 10.5. The number of anilines is 2. The Balaban J connectivity index is 1.40. The number of benzene rings is 1. The molecule has 2 amide bonds. The second kappa shape index (κ2) is 7.57. The van der Waals surface area contributed by atoms with Crippen LogP contribution >= 0.6 is 0 Å². The van der Waals surface area contributed by atoms with Crippen molar-refractivity contribution in [3.05, 3.63) is 41.7 Å². The van der Waals surface area contributed by atoms with Crippen molar-refractivity contribution in [3.8, 4) is 5.75 Å². The van der Waals surface area contributed by atoms with Crippen molar-refractivity contribution in [1.29, 1.82) is 0 Å². The molecule has 1 fully saturated rings. The van der Waals surface area contributed by atoms with E-state index in [0.717, 1.165) is 30.6 Å². The van der Waals surface area contributed by atoms with Crippen LogP contribution in [0.5, 0.6) is 5.75 Å². The Kier molecular flexibility index (Phi) is 4.72. The molecule has 0 unspecified atom stereocenters. The number of hydrogen-bond donors (Lipinski definition) is 3. The number of amides is 2. The van der Waals surface area contributed by atoms with Gasteiger partial charge in [-0.05, 0) is 36.0 Å². The maximum absolute atomic E-state index is 13.2. The number of carbonyl (C=O) groups is 2. The second-order valence-corrected chi connectivity index (χ2v) is 8.29. The average Bonchev–Trinajstić information content (AvgIpc) is 3.44. The lowest BCUT2D eigenvalue weighted by Gasteiger charge is -2.38. The van der Waals surface area contributed by atoms with Gasteiger partial charge in [0, 0.05) is 13.0 Å². The van der Waals surface area contributed by atoms with Crippen molar-refractivity contribution >= 4 is 34.2 Å². The molecule has 2 aliphatic rings. The molecule has 160 valence electrons. The summed E-state index contributed by atoms with van der Waals surface area (Å²) in [5, 5.41) is 10.0. The molecule has 9 heteroatoms. The van der Waals surface area contributed by atoms with Gasteiger partial charge < -0.3 is 20.7 Å². The maximum Gasteiger partial charge on any atom is 0.314 e. The van der Waals surface area contributed by atoms with Gasteiger partial charge >= 0.3 is 11.8 Å². The lowest BCUT2D eigenvalue weighted by Crippen LogP contribution is -2.46. The number of H-pyrrole nitrogens is 1. The number of piperidine rings is 1. The Bertz CT molecular complexity index is 1170. The van der Waals surface area contributed by atoms with Gasteiger partial charge in [-0.15, -0.1) is 0 Å². The van der Waals surface area contributed by atoms with Crippen LogP contribution in [0.4, 0.5) is 11.5 Å². The molecule has 9 nitrogen and oxygen atoms in total. The first kappa shape index (κ1) is 19.3. The van der Waals surface area contributed by atoms with E-state index in [1.54, 1.807) is 4.90 Å². The van der Waals surface area contributed by atoms with Crippen LogP contribution in [0.3, 0.4) is 0 Å². The Morgan fingerprint density at radius 2 is 2.16 bits per heavy atom. The van der Waals surface area contributed by atoms with Gasteiger partial charge in [-0.2, -0.15) is 5.10 Å². The highest BCUT2D eigenvalue weighted by Crippen LogP contribution is 2.37. The van der Waals surface area contributed by atoms with Crippen LogP contribution in [0.1, 0.15) is 36.9 Å². The number of aromatic nitrogens is 3. The van der Waals surface area contributed by atoms with Crippen molar-refractivity contribution in [1.82, 2.24) is 20.1 Å². The minimum absolute atomic E-state index is 0.166. The fourth-order valence-corrected chi connectivity index (χ4v) is 4.47. The number of nitrogen functional groups attached to an aromatic ring is 1. The van der Waals surface area contributed by atoms with Crippen LogP contribution < -0.4 is 15.8 Å². The smallest absolute Gasteiger partial charge is 0.314 e. The highest BCUT2D eigenvalue weighted by Gasteiger charge is 2.35. The number of nitrogens with two attached hydrogens (primary N) is 1. The lowest BCUT2D eigenvalue weighted by molar-refractivity contribution is -0.146. The summed E-state index contributed by atoms with van der Waals surface area (Å²) < 4.78 is 5.71. The van der Waals surface area contributed by atoms with Gasteiger partial charge in [-0.3, -0.25) is 14.7 Å². The largest absolute Gasteiger partial charge is 0.493 e. The maximum atomic E-state index is 13.2. The van der Waals surface area contributed by atoms with E-state index in [4.69, 9.17) is 10.5 Å². The predicted molar refractivity (Wildman–Crippen MR) is 115 cm³/mol. The predicted octanol–water partition coefficient (Wildman–Crippen LogP) is 2.41. The number of nitrogens with one attached hydrogen (secondary N) is 2. The second-order valence-electron chi connectivity index (χ2n) is 8.29. The molecule has 2 aliphatic heterocycles. The molecule has 3 aromatic rings. The summed E-state index contributed by atoms with van der Waals surface area (Å²) in [5.41, 5.74) is 8.93. The van der Waals surface area contributed by atoms with E-state index < -0.39 is 11.8 Å². The molecule has 4 N–H and O–H groups in total. The van der Waals surface area contributed by atoms with E-state index >= 15 is 0 Å². The molecule has 0 bridgehead atoms. The molecule has 4 heterocycles. The van der Waals surface area contributed by atoms with Crippen LogP contribution in [-0.4, -0.2) is 45.0 Å². The third-order valence-corrected chi connectivity index (χ3v) is 6.14. The number of pyridine rings is 1. The summed E-state index contributed by atoms with van der Waals surface area (Å²) in [5.74, 6) is 0.219. The highest BCUT2D eigenvalue weighted by atomic mass is 16.5. The van der Waals surface area contributed by atoms with Crippen LogP contribution in [0, 0.1) is 5.92 Å². The number of hydrogen-bond acceptors (Lipinski definition) is 6. The van der Waals surface area contributed by atoms with Crippen LogP contribution in [0.15, 0.2) is 30.6 Å². The Hall–Kier alpha value is -3.62. The number of rotatable bonds is 2. The van der Waals surface area contributed by atoms with E-state index in [9.17, 15) is 9.59 Å². The number of nitrogens with zero attached hydrogens (tertiary/aromatic N) is 3. The quantitative estimate of drug-likeness (QED) is 0.547. The molecule has 1 saturated heterocycles. The molecule has 0 spiro atoms. The number of carbonyl (C=O) groups excluding carboxylic acids is 2. The van der Waals surface area contributed by atoms with Crippen molar-refractivity contribution in [2.24, 2.45) is 5.92 Å². The molecular weight excluding hydrogens is 396 g/mol. The summed E-state index contributed by atoms with van der Waals surface area (Å²) in [7, 11) is 0. The minimum atomic E-state index is -0.709. The van der Waals surface area contributed by atoms with Gasteiger partial charge in [0.25, 0.3) is 0 Å². The first-order valence-electron chi connectivity index (χ1n) is 10.5. The summed E-state index contributed by atoms with van der Waals surface area (Å²) in [6.07, 6.45) is 5.65. The fourth-order valence-electron chi connectivity index (χ4n) is 4.47. The molecule has 0 radical (unpaired) electrons. The van der Waals surface area contributed by atoms with Crippen LogP contribution in [0.25, 0.3) is 10.9 Å². The molecule has 31 heavy (non-hydrogen) atoms. The monoisotopic (exact) mass is 420 g/mol. The third-order valence-electron chi connectivity index (χ3n) is 6.14. The molecule has 2 atom stereocenters. The number of likely N-dealkylation sites (tertiary alicyclic amines) is 1. The highest BCUT2D eigenvalue weighted by molar-refractivity contribution is 6.40. The Labute approximate surface area is 179 Å². The summed E-state index contributed by atoms with van der Waals surface area (Å²) in [6.45, 7) is 3.30. The zero-order valence-corrected chi connectivity index (χ0v) is 17.2. The van der Waals surface area contributed by atoms with Gasteiger partial charge in [0.2, 0.25) is 0 Å². The minimum Gasteiger partial charge on any atom is -0.493 e. The molecule has 0 saturated carbocycles. The molecular formula is C22H24N6O3. The molecule has 2 aromatic heterocycles. The van der Waals surface area contributed by atoms with E-state index in [0.29, 0.717) is 41.5 Å². The Morgan fingerprint density at radius 3 is 3.03 bits per heavy atom. The van der Waals surface area contributed by atoms with Gasteiger partial charge in [0.05, 0.1) is 41.6 Å². The van der Waals surface area contributed by atoms with Crippen molar-refractivity contribution < 1.29 is 14.3 Å². The van der Waals surface area contributed by atoms with Crippen LogP contribution in [-0.2, 0) is 16.0 Å². The van der Waals surface area contributed by atoms with Crippen molar-refractivity contribution in [2.75, 3.05) is 24.2 Å². The van der Waals surface area contributed by atoms with E-state index in [-0.39, 0.29) is 6.04 Å². The van der Waals surface area contributed by atoms with E-state index in [1.807, 2.05) is 12.1 Å². The van der Waals surface area contributed by atoms with Gasteiger partial charge in [-0.25, -0.2) is 4.98 Å². The standard InChI is InChI=1S/C22H24N6O3/c1-12-2-5-17(14-4-3-13-6-7-31-18(13)8-14)28(11-12)22(30)21(29)26-16-10-24-20(23)15-9-25-27-19(15)16/h3-4,8-10,12,17H,2,5-7,11H2,1H3,(H2,23,24)(H,25,27)(H,26,29)/t12-,17+/m0/s1. The van der Waals surface area contributed by atoms with E-state index in [2.05, 4.69) is 33.5 Å². The molecule has 5 rings (SSSR count). The number of fused-ring (bicyclic) bond motifs is 2. The van der Waals surface area contributed by atoms with Crippen LogP contribution in [0.2, 0.25) is 0 Å².